The Morgan fingerprint density at radius 2 is 2.00 bits per heavy atom. The first-order valence-electron chi connectivity index (χ1n) is 9.37. The summed E-state index contributed by atoms with van der Waals surface area (Å²) in [5.74, 6) is 0.967. The molecule has 3 nitrogen and oxygen atoms in total. The highest BCUT2D eigenvalue weighted by molar-refractivity contribution is 5.37. The van der Waals surface area contributed by atoms with Gasteiger partial charge < -0.3 is 15.4 Å². The molecule has 1 fully saturated rings. The zero-order valence-corrected chi connectivity index (χ0v) is 15.6. The van der Waals surface area contributed by atoms with Crippen molar-refractivity contribution >= 4 is 0 Å². The van der Waals surface area contributed by atoms with E-state index in [0.29, 0.717) is 6.04 Å². The number of benzene rings is 2. The molecule has 2 N–H and O–H groups in total. The number of ether oxygens (including phenoxy) is 1. The molecule has 2 unspecified atom stereocenters. The van der Waals surface area contributed by atoms with Gasteiger partial charge in [-0.15, -0.1) is 0 Å². The average molecular weight is 338 g/mol. The summed E-state index contributed by atoms with van der Waals surface area (Å²) >= 11 is 0. The van der Waals surface area contributed by atoms with Crippen molar-refractivity contribution in [1.82, 2.24) is 10.6 Å². The van der Waals surface area contributed by atoms with Gasteiger partial charge in [0.25, 0.3) is 0 Å². The van der Waals surface area contributed by atoms with E-state index in [4.69, 9.17) is 4.74 Å². The fourth-order valence-electron chi connectivity index (χ4n) is 3.88. The van der Waals surface area contributed by atoms with Crippen LogP contribution < -0.4 is 15.4 Å². The van der Waals surface area contributed by atoms with Crippen molar-refractivity contribution in [3.8, 4) is 5.75 Å². The molecule has 2 atom stereocenters. The minimum absolute atomic E-state index is 0.0465. The highest BCUT2D eigenvalue weighted by Crippen LogP contribution is 2.31. The number of aryl methyl sites for hydroxylation is 1. The van der Waals surface area contributed by atoms with Crippen LogP contribution in [0.1, 0.15) is 43.4 Å². The van der Waals surface area contributed by atoms with Crippen molar-refractivity contribution in [3.63, 3.8) is 0 Å². The normalized spacial score (nSPS) is 23.4. The average Bonchev–Trinajstić information content (AvgIpc) is 2.67. The van der Waals surface area contributed by atoms with Gasteiger partial charge in [0.05, 0.1) is 12.6 Å². The van der Waals surface area contributed by atoms with E-state index >= 15 is 0 Å². The molecule has 2 aromatic carbocycles. The predicted octanol–water partition coefficient (Wildman–Crippen LogP) is 4.01. The van der Waals surface area contributed by atoms with Gasteiger partial charge in [0, 0.05) is 18.2 Å². The van der Waals surface area contributed by atoms with E-state index in [2.05, 4.69) is 73.0 Å². The first-order valence-corrected chi connectivity index (χ1v) is 9.37. The molecule has 1 aliphatic rings. The van der Waals surface area contributed by atoms with Gasteiger partial charge in [0.15, 0.2) is 0 Å². The number of piperidine rings is 1. The van der Waals surface area contributed by atoms with Crippen molar-refractivity contribution in [2.75, 3.05) is 13.7 Å². The third-order valence-corrected chi connectivity index (χ3v) is 5.52. The number of nitrogens with one attached hydrogen (secondary N) is 2. The Hall–Kier alpha value is -1.84. The molecule has 0 amide bonds. The Morgan fingerprint density at radius 1 is 1.20 bits per heavy atom. The third kappa shape index (κ3) is 3.88. The molecule has 1 heterocycles. The lowest BCUT2D eigenvalue weighted by Gasteiger charge is -2.43. The Bertz CT molecular complexity index is 686. The quantitative estimate of drug-likeness (QED) is 0.835. The molecule has 0 saturated carbocycles. The van der Waals surface area contributed by atoms with Crippen LogP contribution >= 0.6 is 0 Å². The summed E-state index contributed by atoms with van der Waals surface area (Å²) in [4.78, 5) is 0. The van der Waals surface area contributed by atoms with Crippen molar-refractivity contribution in [1.29, 1.82) is 0 Å². The van der Waals surface area contributed by atoms with E-state index in [9.17, 15) is 0 Å². The van der Waals surface area contributed by atoms with Crippen LogP contribution in [0.2, 0.25) is 0 Å². The Labute approximate surface area is 151 Å². The van der Waals surface area contributed by atoms with Crippen LogP contribution in [0.5, 0.6) is 5.75 Å². The molecule has 134 valence electrons. The first kappa shape index (κ1) is 18.0. The lowest BCUT2D eigenvalue weighted by atomic mass is 9.79. The molecular weight excluding hydrogens is 308 g/mol. The summed E-state index contributed by atoms with van der Waals surface area (Å²) in [5.41, 5.74) is 3.89. The number of hydrogen-bond acceptors (Lipinski definition) is 3. The maximum atomic E-state index is 5.57. The van der Waals surface area contributed by atoms with Crippen LogP contribution in [0.15, 0.2) is 48.5 Å². The zero-order chi connectivity index (χ0) is 17.7. The summed E-state index contributed by atoms with van der Waals surface area (Å²) in [6, 6.07) is 17.7. The van der Waals surface area contributed by atoms with Gasteiger partial charge in [-0.05, 0) is 49.9 Å². The standard InChI is InChI=1S/C22H30N2O/c1-4-17-12-13-20(25-3)18(15-17)16-23-21-11-8-14-24-22(21,2)19-9-6-5-7-10-19/h5-7,9-10,12-13,15,21,23-24H,4,8,11,14,16H2,1-3H3. The van der Waals surface area contributed by atoms with Gasteiger partial charge in [-0.25, -0.2) is 0 Å². The second kappa shape index (κ2) is 8.03. The highest BCUT2D eigenvalue weighted by Gasteiger charge is 2.37. The van der Waals surface area contributed by atoms with Gasteiger partial charge in [-0.3, -0.25) is 0 Å². The summed E-state index contributed by atoms with van der Waals surface area (Å²) in [7, 11) is 1.75. The smallest absolute Gasteiger partial charge is 0.123 e. The fourth-order valence-corrected chi connectivity index (χ4v) is 3.88. The van der Waals surface area contributed by atoms with Gasteiger partial charge in [-0.2, -0.15) is 0 Å². The second-order valence-corrected chi connectivity index (χ2v) is 7.07. The van der Waals surface area contributed by atoms with Crippen molar-refractivity contribution < 1.29 is 4.74 Å². The fraction of sp³-hybridized carbons (Fsp3) is 0.455. The first-order chi connectivity index (χ1) is 12.2. The maximum Gasteiger partial charge on any atom is 0.123 e. The molecule has 2 aromatic rings. The SMILES string of the molecule is CCc1ccc(OC)c(CNC2CCCNC2(C)c2ccccc2)c1. The number of methoxy groups -OCH3 is 1. The highest BCUT2D eigenvalue weighted by atomic mass is 16.5. The Balaban J connectivity index is 1.79. The topological polar surface area (TPSA) is 33.3 Å². The molecule has 1 aliphatic heterocycles. The summed E-state index contributed by atoms with van der Waals surface area (Å²) in [6.45, 7) is 6.40. The number of hydrogen-bond donors (Lipinski definition) is 2. The Morgan fingerprint density at radius 3 is 2.72 bits per heavy atom. The van der Waals surface area contributed by atoms with Crippen LogP contribution in [0.25, 0.3) is 0 Å². The maximum absolute atomic E-state index is 5.57. The van der Waals surface area contributed by atoms with Gasteiger partial charge in [0.2, 0.25) is 0 Å². The van der Waals surface area contributed by atoms with Crippen LogP contribution in [0.4, 0.5) is 0 Å². The molecule has 0 bridgehead atoms. The van der Waals surface area contributed by atoms with Crippen LogP contribution in [-0.4, -0.2) is 19.7 Å². The molecule has 1 saturated heterocycles. The monoisotopic (exact) mass is 338 g/mol. The minimum Gasteiger partial charge on any atom is -0.496 e. The number of rotatable bonds is 6. The third-order valence-electron chi connectivity index (χ3n) is 5.52. The van der Waals surface area contributed by atoms with Crippen molar-refractivity contribution in [2.45, 2.75) is 51.2 Å². The molecular formula is C22H30N2O. The van der Waals surface area contributed by atoms with Crippen LogP contribution in [0, 0.1) is 0 Å². The minimum atomic E-state index is -0.0465. The molecule has 3 rings (SSSR count). The Kier molecular flexibility index (Phi) is 5.77. The van der Waals surface area contributed by atoms with E-state index in [-0.39, 0.29) is 5.54 Å². The predicted molar refractivity (Wildman–Crippen MR) is 104 cm³/mol. The van der Waals surface area contributed by atoms with Crippen molar-refractivity contribution in [2.24, 2.45) is 0 Å². The largest absolute Gasteiger partial charge is 0.496 e. The lowest BCUT2D eigenvalue weighted by molar-refractivity contribution is 0.201. The summed E-state index contributed by atoms with van der Waals surface area (Å²) in [5, 5.41) is 7.57. The second-order valence-electron chi connectivity index (χ2n) is 7.07. The van der Waals surface area contributed by atoms with E-state index in [0.717, 1.165) is 25.3 Å². The summed E-state index contributed by atoms with van der Waals surface area (Å²) < 4.78 is 5.57. The van der Waals surface area contributed by atoms with Gasteiger partial charge in [-0.1, -0.05) is 49.4 Å². The molecule has 25 heavy (non-hydrogen) atoms. The van der Waals surface area contributed by atoms with E-state index in [1.54, 1.807) is 7.11 Å². The van der Waals surface area contributed by atoms with Gasteiger partial charge >= 0.3 is 0 Å². The van der Waals surface area contributed by atoms with Crippen LogP contribution in [0.3, 0.4) is 0 Å². The van der Waals surface area contributed by atoms with E-state index in [1.807, 2.05) is 0 Å². The summed E-state index contributed by atoms with van der Waals surface area (Å²) in [6.07, 6.45) is 3.42. The molecule has 0 aliphatic carbocycles. The van der Waals surface area contributed by atoms with Gasteiger partial charge in [0.1, 0.15) is 5.75 Å². The van der Waals surface area contributed by atoms with E-state index < -0.39 is 0 Å². The molecule has 0 spiro atoms. The molecule has 0 aromatic heterocycles. The lowest BCUT2D eigenvalue weighted by Crippen LogP contribution is -2.58. The van der Waals surface area contributed by atoms with Crippen molar-refractivity contribution in [3.05, 3.63) is 65.2 Å². The van der Waals surface area contributed by atoms with Crippen LogP contribution in [-0.2, 0) is 18.5 Å². The zero-order valence-electron chi connectivity index (χ0n) is 15.6. The molecule has 3 heteroatoms. The molecule has 0 radical (unpaired) electrons. The van der Waals surface area contributed by atoms with E-state index in [1.165, 1.54) is 29.5 Å².